The molecule has 2 saturated heterocycles. The van der Waals surface area contributed by atoms with Crippen LogP contribution in [0.3, 0.4) is 0 Å². The molecule has 0 spiro atoms. The summed E-state index contributed by atoms with van der Waals surface area (Å²) in [6.07, 6.45) is 8.53. The van der Waals surface area contributed by atoms with Crippen LogP contribution in [0.5, 0.6) is 5.75 Å². The molecule has 4 heteroatoms. The fraction of sp³-hybridized carbons (Fsp3) is 0.522. The second-order valence-corrected chi connectivity index (χ2v) is 8.01. The van der Waals surface area contributed by atoms with Crippen molar-refractivity contribution in [2.75, 3.05) is 38.2 Å². The normalized spacial score (nSPS) is 20.8. The first-order valence-electron chi connectivity index (χ1n) is 10.4. The third kappa shape index (κ3) is 4.81. The largest absolute Gasteiger partial charge is 0.497 e. The van der Waals surface area contributed by atoms with Crippen LogP contribution in [0.15, 0.2) is 42.6 Å². The minimum Gasteiger partial charge on any atom is -0.497 e. The van der Waals surface area contributed by atoms with Crippen LogP contribution in [0.4, 0.5) is 5.82 Å². The highest BCUT2D eigenvalue weighted by molar-refractivity contribution is 5.41. The Bertz CT molecular complexity index is 707. The van der Waals surface area contributed by atoms with Crippen LogP contribution in [-0.2, 0) is 13.0 Å². The Balaban J connectivity index is 1.30. The molecule has 0 N–H and O–H groups in total. The smallest absolute Gasteiger partial charge is 0.128 e. The fourth-order valence-electron chi connectivity index (χ4n) is 4.38. The lowest BCUT2D eigenvalue weighted by molar-refractivity contribution is 0.220. The third-order valence-corrected chi connectivity index (χ3v) is 5.96. The lowest BCUT2D eigenvalue weighted by Crippen LogP contribution is -2.29. The maximum absolute atomic E-state index is 5.25. The highest BCUT2D eigenvalue weighted by atomic mass is 16.5. The Labute approximate surface area is 163 Å². The second kappa shape index (κ2) is 8.75. The third-order valence-electron chi connectivity index (χ3n) is 5.96. The van der Waals surface area contributed by atoms with Gasteiger partial charge in [0.05, 0.1) is 7.11 Å². The monoisotopic (exact) mass is 365 g/mol. The summed E-state index contributed by atoms with van der Waals surface area (Å²) in [5.74, 6) is 2.77. The van der Waals surface area contributed by atoms with Crippen LogP contribution in [0.25, 0.3) is 0 Å². The van der Waals surface area contributed by atoms with Crippen molar-refractivity contribution < 1.29 is 4.74 Å². The van der Waals surface area contributed by atoms with Gasteiger partial charge in [-0.2, -0.15) is 0 Å². The molecule has 0 radical (unpaired) electrons. The standard InChI is InChI=1S/C23H31N3O/c1-27-22-8-5-19(6-9-22)15-20-11-14-26(18-20)23-10-7-21(16-24-23)17-25-12-3-2-4-13-25/h5-10,16,20H,2-4,11-15,17-18H2,1H3. The first-order valence-corrected chi connectivity index (χ1v) is 10.4. The van der Waals surface area contributed by atoms with Gasteiger partial charge >= 0.3 is 0 Å². The van der Waals surface area contributed by atoms with Crippen LogP contribution in [-0.4, -0.2) is 43.2 Å². The van der Waals surface area contributed by atoms with Gasteiger partial charge in [0.15, 0.2) is 0 Å². The molecule has 2 aliphatic rings. The van der Waals surface area contributed by atoms with E-state index in [1.807, 2.05) is 0 Å². The number of benzene rings is 1. The van der Waals surface area contributed by atoms with E-state index < -0.39 is 0 Å². The molecule has 4 rings (SSSR count). The molecular formula is C23H31N3O. The molecule has 4 nitrogen and oxygen atoms in total. The zero-order valence-corrected chi connectivity index (χ0v) is 16.4. The molecule has 2 aliphatic heterocycles. The number of nitrogens with zero attached hydrogens (tertiary/aromatic N) is 3. The van der Waals surface area contributed by atoms with Gasteiger partial charge in [0.25, 0.3) is 0 Å². The Hall–Kier alpha value is -2.07. The van der Waals surface area contributed by atoms with Crippen molar-refractivity contribution in [3.63, 3.8) is 0 Å². The molecule has 0 amide bonds. The number of rotatable bonds is 6. The quantitative estimate of drug-likeness (QED) is 0.769. The van der Waals surface area contributed by atoms with Gasteiger partial charge in [-0.05, 0) is 74.0 Å². The van der Waals surface area contributed by atoms with Crippen molar-refractivity contribution >= 4 is 5.82 Å². The summed E-state index contributed by atoms with van der Waals surface area (Å²) < 4.78 is 5.25. The molecule has 0 aliphatic carbocycles. The first kappa shape index (κ1) is 18.3. The van der Waals surface area contributed by atoms with E-state index in [0.29, 0.717) is 5.92 Å². The summed E-state index contributed by atoms with van der Waals surface area (Å²) in [6, 6.07) is 13.0. The van der Waals surface area contributed by atoms with Gasteiger partial charge < -0.3 is 9.64 Å². The van der Waals surface area contributed by atoms with Crippen molar-refractivity contribution in [1.82, 2.24) is 9.88 Å². The van der Waals surface area contributed by atoms with E-state index >= 15 is 0 Å². The number of likely N-dealkylation sites (tertiary alicyclic amines) is 1. The van der Waals surface area contributed by atoms with Crippen LogP contribution in [0.1, 0.15) is 36.8 Å². The molecular weight excluding hydrogens is 334 g/mol. The SMILES string of the molecule is COc1ccc(CC2CCN(c3ccc(CN4CCCCC4)cn3)C2)cc1. The number of anilines is 1. The van der Waals surface area contributed by atoms with Gasteiger partial charge in [-0.25, -0.2) is 4.98 Å². The average molecular weight is 366 g/mol. The number of hydrogen-bond acceptors (Lipinski definition) is 4. The Kier molecular flexibility index (Phi) is 5.93. The topological polar surface area (TPSA) is 28.6 Å². The van der Waals surface area contributed by atoms with Crippen molar-refractivity contribution in [2.24, 2.45) is 5.92 Å². The van der Waals surface area contributed by atoms with E-state index in [1.54, 1.807) is 7.11 Å². The minimum atomic E-state index is 0.702. The van der Waals surface area contributed by atoms with Crippen molar-refractivity contribution in [1.29, 1.82) is 0 Å². The molecule has 1 atom stereocenters. The van der Waals surface area contributed by atoms with Crippen molar-refractivity contribution in [2.45, 2.75) is 38.6 Å². The number of piperidine rings is 1. The zero-order chi connectivity index (χ0) is 18.5. The van der Waals surface area contributed by atoms with E-state index in [9.17, 15) is 0 Å². The number of aromatic nitrogens is 1. The van der Waals surface area contributed by atoms with E-state index in [0.717, 1.165) is 37.6 Å². The summed E-state index contributed by atoms with van der Waals surface area (Å²) in [4.78, 5) is 9.77. The van der Waals surface area contributed by atoms with Crippen LogP contribution in [0, 0.1) is 5.92 Å². The van der Waals surface area contributed by atoms with E-state index in [1.165, 1.54) is 49.9 Å². The molecule has 144 valence electrons. The zero-order valence-electron chi connectivity index (χ0n) is 16.4. The van der Waals surface area contributed by atoms with E-state index in [2.05, 4.69) is 52.4 Å². The highest BCUT2D eigenvalue weighted by Crippen LogP contribution is 2.26. The van der Waals surface area contributed by atoms with Crippen LogP contribution < -0.4 is 9.64 Å². The van der Waals surface area contributed by atoms with Gasteiger partial charge in [-0.3, -0.25) is 4.90 Å². The summed E-state index contributed by atoms with van der Waals surface area (Å²) in [6.45, 7) is 5.74. The van der Waals surface area contributed by atoms with Crippen molar-refractivity contribution in [3.05, 3.63) is 53.7 Å². The Morgan fingerprint density at radius 1 is 0.963 bits per heavy atom. The number of methoxy groups -OCH3 is 1. The summed E-state index contributed by atoms with van der Waals surface area (Å²) in [7, 11) is 1.72. The van der Waals surface area contributed by atoms with Gasteiger partial charge in [0.2, 0.25) is 0 Å². The maximum atomic E-state index is 5.25. The van der Waals surface area contributed by atoms with Crippen LogP contribution >= 0.6 is 0 Å². The Morgan fingerprint density at radius 3 is 2.44 bits per heavy atom. The summed E-state index contributed by atoms with van der Waals surface area (Å²) in [5, 5.41) is 0. The second-order valence-electron chi connectivity index (χ2n) is 8.01. The molecule has 2 fully saturated rings. The Morgan fingerprint density at radius 2 is 1.74 bits per heavy atom. The van der Waals surface area contributed by atoms with Gasteiger partial charge in [-0.1, -0.05) is 24.6 Å². The average Bonchev–Trinajstić information content (AvgIpc) is 3.18. The fourth-order valence-corrected chi connectivity index (χ4v) is 4.38. The van der Waals surface area contributed by atoms with Gasteiger partial charge in [0, 0.05) is 25.8 Å². The molecule has 3 heterocycles. The van der Waals surface area contributed by atoms with E-state index in [4.69, 9.17) is 9.72 Å². The van der Waals surface area contributed by atoms with Crippen molar-refractivity contribution in [3.8, 4) is 5.75 Å². The highest BCUT2D eigenvalue weighted by Gasteiger charge is 2.23. The molecule has 0 saturated carbocycles. The van der Waals surface area contributed by atoms with E-state index in [-0.39, 0.29) is 0 Å². The molecule has 0 bridgehead atoms. The molecule has 27 heavy (non-hydrogen) atoms. The van der Waals surface area contributed by atoms with Crippen LogP contribution in [0.2, 0.25) is 0 Å². The number of pyridine rings is 1. The molecule has 1 aromatic carbocycles. The number of ether oxygens (including phenoxy) is 1. The summed E-state index contributed by atoms with van der Waals surface area (Å²) in [5.41, 5.74) is 2.74. The minimum absolute atomic E-state index is 0.702. The first-order chi connectivity index (χ1) is 13.3. The summed E-state index contributed by atoms with van der Waals surface area (Å²) >= 11 is 0. The van der Waals surface area contributed by atoms with Gasteiger partial charge in [-0.15, -0.1) is 0 Å². The maximum Gasteiger partial charge on any atom is 0.128 e. The van der Waals surface area contributed by atoms with Gasteiger partial charge in [0.1, 0.15) is 11.6 Å². The molecule has 1 aromatic heterocycles. The lowest BCUT2D eigenvalue weighted by Gasteiger charge is -2.26. The molecule has 2 aromatic rings. The number of hydrogen-bond donors (Lipinski definition) is 0. The molecule has 1 unspecified atom stereocenters. The predicted octanol–water partition coefficient (Wildman–Crippen LogP) is 4.15. The lowest BCUT2D eigenvalue weighted by atomic mass is 9.99. The predicted molar refractivity (Wildman–Crippen MR) is 110 cm³/mol.